The molecule has 84 valence electrons. The smallest absolute Gasteiger partial charge is 0.0997 e. The Morgan fingerprint density at radius 2 is 2.12 bits per heavy atom. The van der Waals surface area contributed by atoms with E-state index < -0.39 is 0 Å². The second kappa shape index (κ2) is 5.09. The Hall–Kier alpha value is -1.39. The summed E-state index contributed by atoms with van der Waals surface area (Å²) in [5.41, 5.74) is 2.13. The summed E-state index contributed by atoms with van der Waals surface area (Å²) in [6, 6.07) is 8.00. The van der Waals surface area contributed by atoms with Crippen LogP contribution in [0.4, 0.5) is 0 Å². The quantitative estimate of drug-likeness (QED) is 0.853. The first-order valence-electron chi connectivity index (χ1n) is 5.07. The standard InChI is InChI=1S/C11H13ClN4/c1-13-10(11-7-14-16-15-11)6-8-2-4-9(12)5-3-8/h2-5,7,10,13H,6H2,1H3,(H,14,15,16). The van der Waals surface area contributed by atoms with Crippen LogP contribution in [0.5, 0.6) is 0 Å². The van der Waals surface area contributed by atoms with E-state index in [1.807, 2.05) is 31.3 Å². The Balaban J connectivity index is 2.10. The number of aromatic nitrogens is 3. The fourth-order valence-electron chi connectivity index (χ4n) is 1.59. The van der Waals surface area contributed by atoms with Crippen molar-refractivity contribution < 1.29 is 0 Å². The number of halogens is 1. The second-order valence-corrected chi connectivity index (χ2v) is 4.00. The molecule has 0 bridgehead atoms. The molecule has 16 heavy (non-hydrogen) atoms. The van der Waals surface area contributed by atoms with E-state index >= 15 is 0 Å². The van der Waals surface area contributed by atoms with E-state index in [2.05, 4.69) is 20.7 Å². The molecule has 2 rings (SSSR count). The van der Waals surface area contributed by atoms with Crippen LogP contribution in [0.1, 0.15) is 17.3 Å². The number of aromatic amines is 1. The van der Waals surface area contributed by atoms with E-state index in [-0.39, 0.29) is 6.04 Å². The van der Waals surface area contributed by atoms with Crippen LogP contribution in [0.2, 0.25) is 5.02 Å². The molecule has 0 aliphatic carbocycles. The number of benzene rings is 1. The first-order chi connectivity index (χ1) is 7.79. The van der Waals surface area contributed by atoms with Crippen molar-refractivity contribution in [3.63, 3.8) is 0 Å². The zero-order chi connectivity index (χ0) is 11.4. The molecule has 1 aromatic heterocycles. The maximum atomic E-state index is 5.84. The lowest BCUT2D eigenvalue weighted by atomic mass is 10.0. The van der Waals surface area contributed by atoms with Crippen LogP contribution >= 0.6 is 11.6 Å². The van der Waals surface area contributed by atoms with E-state index in [1.165, 1.54) is 5.56 Å². The second-order valence-electron chi connectivity index (χ2n) is 3.57. The average Bonchev–Trinajstić information content (AvgIpc) is 2.82. The molecule has 4 nitrogen and oxygen atoms in total. The van der Waals surface area contributed by atoms with E-state index in [1.54, 1.807) is 6.20 Å². The molecule has 2 aromatic rings. The average molecular weight is 237 g/mol. The predicted octanol–water partition coefficient (Wildman–Crippen LogP) is 1.96. The molecule has 0 aliphatic rings. The molecular weight excluding hydrogens is 224 g/mol. The Bertz CT molecular complexity index is 424. The SMILES string of the molecule is CNC(Cc1ccc(Cl)cc1)c1cn[nH]n1. The van der Waals surface area contributed by atoms with Crippen molar-refractivity contribution in [3.05, 3.63) is 46.7 Å². The maximum absolute atomic E-state index is 5.84. The molecule has 2 N–H and O–H groups in total. The minimum atomic E-state index is 0.167. The van der Waals surface area contributed by atoms with E-state index in [4.69, 9.17) is 11.6 Å². The van der Waals surface area contributed by atoms with Gasteiger partial charge >= 0.3 is 0 Å². The third-order valence-corrected chi connectivity index (χ3v) is 2.74. The summed E-state index contributed by atoms with van der Waals surface area (Å²) < 4.78 is 0. The van der Waals surface area contributed by atoms with Gasteiger partial charge in [0, 0.05) is 5.02 Å². The molecule has 0 fully saturated rings. The highest BCUT2D eigenvalue weighted by atomic mass is 35.5. The van der Waals surface area contributed by atoms with Crippen molar-refractivity contribution in [1.82, 2.24) is 20.7 Å². The topological polar surface area (TPSA) is 53.6 Å². The third kappa shape index (κ3) is 2.59. The summed E-state index contributed by atoms with van der Waals surface area (Å²) in [7, 11) is 1.91. The van der Waals surface area contributed by atoms with Gasteiger partial charge in [-0.15, -0.1) is 0 Å². The minimum absolute atomic E-state index is 0.167. The first kappa shape index (κ1) is 11.1. The zero-order valence-corrected chi connectivity index (χ0v) is 9.70. The van der Waals surface area contributed by atoms with Gasteiger partial charge in [-0.3, -0.25) is 0 Å². The maximum Gasteiger partial charge on any atom is 0.0997 e. The number of nitrogens with one attached hydrogen (secondary N) is 2. The van der Waals surface area contributed by atoms with Crippen LogP contribution in [0.25, 0.3) is 0 Å². The van der Waals surface area contributed by atoms with Crippen LogP contribution in [0.15, 0.2) is 30.5 Å². The number of likely N-dealkylation sites (N-methyl/N-ethyl adjacent to an activating group) is 1. The third-order valence-electron chi connectivity index (χ3n) is 2.49. The predicted molar refractivity (Wildman–Crippen MR) is 63.3 cm³/mol. The van der Waals surface area contributed by atoms with E-state index in [0.29, 0.717) is 0 Å². The molecule has 0 saturated heterocycles. The van der Waals surface area contributed by atoms with Crippen molar-refractivity contribution in [2.75, 3.05) is 7.05 Å². The van der Waals surface area contributed by atoms with Crippen LogP contribution in [-0.2, 0) is 6.42 Å². The number of hydrogen-bond acceptors (Lipinski definition) is 3. The minimum Gasteiger partial charge on any atom is -0.311 e. The summed E-state index contributed by atoms with van der Waals surface area (Å²) in [6.45, 7) is 0. The summed E-state index contributed by atoms with van der Waals surface area (Å²) in [4.78, 5) is 0. The molecule has 0 radical (unpaired) electrons. The van der Waals surface area contributed by atoms with Gasteiger partial charge in [0.2, 0.25) is 0 Å². The number of hydrogen-bond donors (Lipinski definition) is 2. The Morgan fingerprint density at radius 1 is 1.38 bits per heavy atom. The fraction of sp³-hybridized carbons (Fsp3) is 0.273. The van der Waals surface area contributed by atoms with Gasteiger partial charge in [0.15, 0.2) is 0 Å². The number of H-pyrrole nitrogens is 1. The largest absolute Gasteiger partial charge is 0.311 e. The lowest BCUT2D eigenvalue weighted by Crippen LogP contribution is -2.19. The lowest BCUT2D eigenvalue weighted by molar-refractivity contribution is 0.574. The van der Waals surface area contributed by atoms with Crippen LogP contribution in [0, 0.1) is 0 Å². The Kier molecular flexibility index (Phi) is 3.54. The van der Waals surface area contributed by atoms with Crippen molar-refractivity contribution in [2.45, 2.75) is 12.5 Å². The molecule has 0 aliphatic heterocycles. The molecule has 1 heterocycles. The molecule has 0 saturated carbocycles. The summed E-state index contributed by atoms with van der Waals surface area (Å²) in [5, 5.41) is 14.5. The Labute approximate surface area is 99.0 Å². The molecular formula is C11H13ClN4. The summed E-state index contributed by atoms with van der Waals surface area (Å²) >= 11 is 5.84. The van der Waals surface area contributed by atoms with Gasteiger partial charge in [0.05, 0.1) is 17.9 Å². The van der Waals surface area contributed by atoms with Crippen molar-refractivity contribution in [3.8, 4) is 0 Å². The van der Waals surface area contributed by atoms with Crippen molar-refractivity contribution >= 4 is 11.6 Å². The molecule has 0 amide bonds. The lowest BCUT2D eigenvalue weighted by Gasteiger charge is -2.12. The normalized spacial score (nSPS) is 12.6. The van der Waals surface area contributed by atoms with Crippen molar-refractivity contribution in [1.29, 1.82) is 0 Å². The Morgan fingerprint density at radius 3 is 2.69 bits per heavy atom. The highest BCUT2D eigenvalue weighted by Crippen LogP contribution is 2.17. The summed E-state index contributed by atoms with van der Waals surface area (Å²) in [6.07, 6.45) is 2.59. The van der Waals surface area contributed by atoms with Crippen LogP contribution in [-0.4, -0.2) is 22.5 Å². The summed E-state index contributed by atoms with van der Waals surface area (Å²) in [5.74, 6) is 0. The number of rotatable bonds is 4. The van der Waals surface area contributed by atoms with E-state index in [9.17, 15) is 0 Å². The van der Waals surface area contributed by atoms with Crippen LogP contribution < -0.4 is 5.32 Å². The van der Waals surface area contributed by atoms with E-state index in [0.717, 1.165) is 17.1 Å². The molecule has 1 unspecified atom stereocenters. The van der Waals surface area contributed by atoms with Gasteiger partial charge in [0.1, 0.15) is 0 Å². The fourth-order valence-corrected chi connectivity index (χ4v) is 1.72. The molecule has 1 aromatic carbocycles. The molecule has 0 spiro atoms. The van der Waals surface area contributed by atoms with Gasteiger partial charge in [-0.1, -0.05) is 23.7 Å². The van der Waals surface area contributed by atoms with Gasteiger partial charge in [-0.05, 0) is 31.2 Å². The van der Waals surface area contributed by atoms with Gasteiger partial charge in [0.25, 0.3) is 0 Å². The van der Waals surface area contributed by atoms with Crippen molar-refractivity contribution in [2.24, 2.45) is 0 Å². The molecule has 1 atom stereocenters. The van der Waals surface area contributed by atoms with Crippen LogP contribution in [0.3, 0.4) is 0 Å². The van der Waals surface area contributed by atoms with Gasteiger partial charge in [-0.2, -0.15) is 15.4 Å². The van der Waals surface area contributed by atoms with Gasteiger partial charge in [-0.25, -0.2) is 0 Å². The highest BCUT2D eigenvalue weighted by Gasteiger charge is 2.12. The molecule has 5 heteroatoms. The first-order valence-corrected chi connectivity index (χ1v) is 5.45. The van der Waals surface area contributed by atoms with Gasteiger partial charge < -0.3 is 5.32 Å². The zero-order valence-electron chi connectivity index (χ0n) is 8.94. The monoisotopic (exact) mass is 236 g/mol. The number of nitrogens with zero attached hydrogens (tertiary/aromatic N) is 2. The highest BCUT2D eigenvalue weighted by molar-refractivity contribution is 6.30.